The molecule has 128 valence electrons. The summed E-state index contributed by atoms with van der Waals surface area (Å²) in [5, 5.41) is 18.7. The van der Waals surface area contributed by atoms with Gasteiger partial charge in [-0.15, -0.1) is 0 Å². The van der Waals surface area contributed by atoms with Gasteiger partial charge >= 0.3 is 0 Å². The number of benzene rings is 2. The second-order valence-electron chi connectivity index (χ2n) is 6.79. The van der Waals surface area contributed by atoms with Crippen molar-refractivity contribution in [2.24, 2.45) is 5.73 Å². The second kappa shape index (κ2) is 7.24. The molecule has 0 spiro atoms. The molecule has 0 saturated heterocycles. The number of nitrogens with two attached hydrogens (primary N) is 1. The standard InChI is InChI=1S/C20H25NO3/c21-20(14-22)11-9-17(13-20)16-3-7-19(8-4-16)24-12-10-15-1-5-18(23)6-2-15/h1-8,17,22-23H,9-14,21H2. The van der Waals surface area contributed by atoms with E-state index in [4.69, 9.17) is 10.5 Å². The van der Waals surface area contributed by atoms with Crippen LogP contribution in [-0.2, 0) is 6.42 Å². The highest BCUT2D eigenvalue weighted by molar-refractivity contribution is 5.31. The van der Waals surface area contributed by atoms with E-state index in [-0.39, 0.29) is 12.4 Å². The zero-order valence-corrected chi connectivity index (χ0v) is 13.8. The minimum atomic E-state index is -0.413. The first-order valence-electron chi connectivity index (χ1n) is 8.48. The van der Waals surface area contributed by atoms with Crippen LogP contribution in [0.5, 0.6) is 11.5 Å². The predicted octanol–water partition coefficient (Wildman–Crippen LogP) is 2.97. The van der Waals surface area contributed by atoms with Crippen LogP contribution in [0.4, 0.5) is 0 Å². The molecular formula is C20H25NO3. The molecule has 1 aliphatic rings. The maximum atomic E-state index is 9.38. The van der Waals surface area contributed by atoms with Crippen molar-refractivity contribution >= 4 is 0 Å². The van der Waals surface area contributed by atoms with Gasteiger partial charge in [0, 0.05) is 12.0 Å². The van der Waals surface area contributed by atoms with Crippen molar-refractivity contribution in [1.29, 1.82) is 0 Å². The molecule has 0 aliphatic heterocycles. The fraction of sp³-hybridized carbons (Fsp3) is 0.400. The summed E-state index contributed by atoms with van der Waals surface area (Å²) in [6, 6.07) is 15.4. The number of phenols is 1. The molecule has 1 saturated carbocycles. The Morgan fingerprint density at radius 1 is 1.08 bits per heavy atom. The van der Waals surface area contributed by atoms with Crippen LogP contribution in [-0.4, -0.2) is 29.0 Å². The van der Waals surface area contributed by atoms with Crippen molar-refractivity contribution in [1.82, 2.24) is 0 Å². The highest BCUT2D eigenvalue weighted by atomic mass is 16.5. The quantitative estimate of drug-likeness (QED) is 0.762. The number of hydrogen-bond donors (Lipinski definition) is 3. The Morgan fingerprint density at radius 2 is 1.79 bits per heavy atom. The third-order valence-electron chi connectivity index (χ3n) is 4.91. The lowest BCUT2D eigenvalue weighted by Crippen LogP contribution is -2.40. The van der Waals surface area contributed by atoms with Crippen molar-refractivity contribution < 1.29 is 14.9 Å². The van der Waals surface area contributed by atoms with E-state index in [1.807, 2.05) is 24.3 Å². The third kappa shape index (κ3) is 4.08. The van der Waals surface area contributed by atoms with Crippen LogP contribution < -0.4 is 10.5 Å². The van der Waals surface area contributed by atoms with Crippen LogP contribution in [0.15, 0.2) is 48.5 Å². The van der Waals surface area contributed by atoms with Gasteiger partial charge in [0.05, 0.1) is 13.2 Å². The maximum Gasteiger partial charge on any atom is 0.119 e. The van der Waals surface area contributed by atoms with Gasteiger partial charge in [0.15, 0.2) is 0 Å². The summed E-state index contributed by atoms with van der Waals surface area (Å²) in [5.74, 6) is 1.56. The van der Waals surface area contributed by atoms with Crippen LogP contribution >= 0.6 is 0 Å². The Kier molecular flexibility index (Phi) is 5.07. The monoisotopic (exact) mass is 327 g/mol. The van der Waals surface area contributed by atoms with Gasteiger partial charge in [-0.25, -0.2) is 0 Å². The molecule has 4 heteroatoms. The largest absolute Gasteiger partial charge is 0.508 e. The molecule has 24 heavy (non-hydrogen) atoms. The van der Waals surface area contributed by atoms with Crippen molar-refractivity contribution in [3.63, 3.8) is 0 Å². The Bertz CT molecular complexity index is 654. The molecule has 1 aliphatic carbocycles. The van der Waals surface area contributed by atoms with Crippen LogP contribution in [0, 0.1) is 0 Å². The number of aliphatic hydroxyl groups excluding tert-OH is 1. The van der Waals surface area contributed by atoms with Crippen LogP contribution in [0.1, 0.15) is 36.3 Å². The first kappa shape index (κ1) is 16.8. The number of rotatable bonds is 6. The number of aromatic hydroxyl groups is 1. The molecule has 0 aromatic heterocycles. The molecule has 4 nitrogen and oxygen atoms in total. The summed E-state index contributed by atoms with van der Waals surface area (Å²) in [4.78, 5) is 0. The fourth-order valence-corrected chi connectivity index (χ4v) is 3.37. The lowest BCUT2D eigenvalue weighted by molar-refractivity contribution is 0.198. The summed E-state index contributed by atoms with van der Waals surface area (Å²) in [5.41, 5.74) is 8.15. The molecule has 4 N–H and O–H groups in total. The van der Waals surface area contributed by atoms with Crippen LogP contribution in [0.25, 0.3) is 0 Å². The van der Waals surface area contributed by atoms with E-state index in [1.54, 1.807) is 12.1 Å². The average Bonchev–Trinajstić information content (AvgIpc) is 3.00. The van der Waals surface area contributed by atoms with E-state index in [9.17, 15) is 10.2 Å². The molecule has 2 unspecified atom stereocenters. The molecular weight excluding hydrogens is 302 g/mol. The first-order valence-corrected chi connectivity index (χ1v) is 8.48. The van der Waals surface area contributed by atoms with Gasteiger partial charge in [-0.2, -0.15) is 0 Å². The Hall–Kier alpha value is -2.04. The van der Waals surface area contributed by atoms with E-state index in [0.717, 1.165) is 37.0 Å². The molecule has 2 atom stereocenters. The lowest BCUT2D eigenvalue weighted by Gasteiger charge is -2.21. The number of phenolic OH excluding ortho intramolecular Hbond substituents is 1. The van der Waals surface area contributed by atoms with E-state index < -0.39 is 5.54 Å². The molecule has 0 amide bonds. The smallest absolute Gasteiger partial charge is 0.119 e. The van der Waals surface area contributed by atoms with Gasteiger partial charge in [0.2, 0.25) is 0 Å². The molecule has 2 aromatic carbocycles. The van der Waals surface area contributed by atoms with Gasteiger partial charge in [0.25, 0.3) is 0 Å². The highest BCUT2D eigenvalue weighted by Crippen LogP contribution is 2.39. The zero-order valence-electron chi connectivity index (χ0n) is 13.8. The van der Waals surface area contributed by atoms with E-state index in [1.165, 1.54) is 5.56 Å². The zero-order chi connectivity index (χ0) is 17.0. The highest BCUT2D eigenvalue weighted by Gasteiger charge is 2.35. The van der Waals surface area contributed by atoms with Crippen molar-refractivity contribution in [2.45, 2.75) is 37.1 Å². The number of aliphatic hydroxyl groups is 1. The Labute approximate surface area is 142 Å². The third-order valence-corrected chi connectivity index (χ3v) is 4.91. The predicted molar refractivity (Wildman–Crippen MR) is 94.3 cm³/mol. The van der Waals surface area contributed by atoms with E-state index in [0.29, 0.717) is 12.5 Å². The van der Waals surface area contributed by atoms with E-state index in [2.05, 4.69) is 12.1 Å². The topological polar surface area (TPSA) is 75.7 Å². The Balaban J connectivity index is 1.51. The number of hydrogen-bond acceptors (Lipinski definition) is 4. The minimum Gasteiger partial charge on any atom is -0.508 e. The van der Waals surface area contributed by atoms with Crippen LogP contribution in [0.3, 0.4) is 0 Å². The van der Waals surface area contributed by atoms with E-state index >= 15 is 0 Å². The molecule has 0 heterocycles. The van der Waals surface area contributed by atoms with Crippen molar-refractivity contribution in [3.05, 3.63) is 59.7 Å². The molecule has 2 aromatic rings. The normalized spacial score (nSPS) is 23.3. The molecule has 1 fully saturated rings. The average molecular weight is 327 g/mol. The minimum absolute atomic E-state index is 0.0575. The summed E-state index contributed by atoms with van der Waals surface area (Å²) in [6.07, 6.45) is 3.54. The van der Waals surface area contributed by atoms with Gasteiger partial charge in [-0.05, 0) is 60.6 Å². The molecule has 0 radical (unpaired) electrons. The SMILES string of the molecule is NC1(CO)CCC(c2ccc(OCCc3ccc(O)cc3)cc2)C1. The second-order valence-corrected chi connectivity index (χ2v) is 6.79. The maximum absolute atomic E-state index is 9.38. The summed E-state index contributed by atoms with van der Waals surface area (Å²) >= 11 is 0. The van der Waals surface area contributed by atoms with Gasteiger partial charge in [0.1, 0.15) is 11.5 Å². The van der Waals surface area contributed by atoms with Gasteiger partial charge in [-0.1, -0.05) is 24.3 Å². The van der Waals surface area contributed by atoms with Crippen LogP contribution in [0.2, 0.25) is 0 Å². The first-order chi connectivity index (χ1) is 11.6. The van der Waals surface area contributed by atoms with Gasteiger partial charge < -0.3 is 20.7 Å². The van der Waals surface area contributed by atoms with Crippen molar-refractivity contribution in [2.75, 3.05) is 13.2 Å². The molecule has 3 rings (SSSR count). The lowest BCUT2D eigenvalue weighted by atomic mass is 9.94. The summed E-state index contributed by atoms with van der Waals surface area (Å²) in [6.45, 7) is 0.659. The van der Waals surface area contributed by atoms with Crippen molar-refractivity contribution in [3.8, 4) is 11.5 Å². The summed E-state index contributed by atoms with van der Waals surface area (Å²) < 4.78 is 5.79. The molecule has 0 bridgehead atoms. The van der Waals surface area contributed by atoms with Gasteiger partial charge in [-0.3, -0.25) is 0 Å². The fourth-order valence-electron chi connectivity index (χ4n) is 3.37. The summed E-state index contributed by atoms with van der Waals surface area (Å²) in [7, 11) is 0. The Morgan fingerprint density at radius 3 is 2.42 bits per heavy atom. The number of ether oxygens (including phenoxy) is 1.